The van der Waals surface area contributed by atoms with Crippen molar-refractivity contribution in [2.75, 3.05) is 6.54 Å². The van der Waals surface area contributed by atoms with E-state index < -0.39 is 0 Å². The Morgan fingerprint density at radius 2 is 1.94 bits per heavy atom. The molecule has 1 aromatic carbocycles. The van der Waals surface area contributed by atoms with Gasteiger partial charge in [0, 0.05) is 6.04 Å². The highest BCUT2D eigenvalue weighted by atomic mass is 14.9. The van der Waals surface area contributed by atoms with Gasteiger partial charge in [0.05, 0.1) is 0 Å². The van der Waals surface area contributed by atoms with Crippen molar-refractivity contribution in [3.8, 4) is 0 Å². The molecule has 2 rings (SSSR count). The SMILES string of the molecule is CCNC(CC(C)C)C1CCc2ccccc2C1. The average Bonchev–Trinajstić information content (AvgIpc) is 2.37. The summed E-state index contributed by atoms with van der Waals surface area (Å²) in [4.78, 5) is 0. The third-order valence-corrected chi connectivity index (χ3v) is 4.15. The Balaban J connectivity index is 2.05. The number of nitrogens with one attached hydrogen (secondary N) is 1. The number of rotatable bonds is 5. The lowest BCUT2D eigenvalue weighted by Gasteiger charge is -2.33. The normalized spacial score (nSPS) is 20.8. The van der Waals surface area contributed by atoms with Crippen LogP contribution in [0.15, 0.2) is 24.3 Å². The summed E-state index contributed by atoms with van der Waals surface area (Å²) in [5.41, 5.74) is 3.16. The van der Waals surface area contributed by atoms with E-state index in [-0.39, 0.29) is 0 Å². The first-order valence-corrected chi connectivity index (χ1v) is 7.50. The Morgan fingerprint density at radius 3 is 2.61 bits per heavy atom. The molecule has 1 aromatic rings. The summed E-state index contributed by atoms with van der Waals surface area (Å²) in [6.45, 7) is 7.99. The van der Waals surface area contributed by atoms with Gasteiger partial charge in [-0.15, -0.1) is 0 Å². The molecule has 1 heteroatoms. The second-order valence-corrected chi connectivity index (χ2v) is 6.07. The van der Waals surface area contributed by atoms with E-state index in [9.17, 15) is 0 Å². The summed E-state index contributed by atoms with van der Waals surface area (Å²) in [6.07, 6.45) is 5.18. The second kappa shape index (κ2) is 6.38. The molecule has 1 aliphatic carbocycles. The van der Waals surface area contributed by atoms with Gasteiger partial charge in [0.2, 0.25) is 0 Å². The Morgan fingerprint density at radius 1 is 1.22 bits per heavy atom. The lowest BCUT2D eigenvalue weighted by molar-refractivity contribution is 0.284. The van der Waals surface area contributed by atoms with E-state index in [0.29, 0.717) is 6.04 Å². The van der Waals surface area contributed by atoms with E-state index in [2.05, 4.69) is 50.4 Å². The highest BCUT2D eigenvalue weighted by molar-refractivity contribution is 5.30. The van der Waals surface area contributed by atoms with Crippen LogP contribution in [0.1, 0.15) is 44.7 Å². The molecule has 1 nitrogen and oxygen atoms in total. The maximum atomic E-state index is 3.71. The molecule has 0 bridgehead atoms. The van der Waals surface area contributed by atoms with Gasteiger partial charge in [0.15, 0.2) is 0 Å². The van der Waals surface area contributed by atoms with Crippen LogP contribution in [0.5, 0.6) is 0 Å². The van der Waals surface area contributed by atoms with Crippen LogP contribution in [0, 0.1) is 11.8 Å². The first kappa shape index (κ1) is 13.6. The average molecular weight is 245 g/mol. The third-order valence-electron chi connectivity index (χ3n) is 4.15. The molecular formula is C17H27N. The van der Waals surface area contributed by atoms with Crippen LogP contribution in [0.3, 0.4) is 0 Å². The standard InChI is InChI=1S/C17H27N/c1-4-18-17(11-13(2)3)16-10-9-14-7-5-6-8-15(14)12-16/h5-8,13,16-18H,4,9-12H2,1-3H3. The molecule has 0 aromatic heterocycles. The number of hydrogen-bond donors (Lipinski definition) is 1. The fourth-order valence-electron chi connectivity index (χ4n) is 3.28. The summed E-state index contributed by atoms with van der Waals surface area (Å²) in [7, 11) is 0. The number of aryl methyl sites for hydroxylation is 1. The molecule has 0 radical (unpaired) electrons. The summed E-state index contributed by atoms with van der Waals surface area (Å²) in [6, 6.07) is 9.68. The van der Waals surface area contributed by atoms with Crippen LogP contribution < -0.4 is 5.32 Å². The zero-order valence-electron chi connectivity index (χ0n) is 12.1. The van der Waals surface area contributed by atoms with Crippen molar-refractivity contribution in [1.82, 2.24) is 5.32 Å². The molecule has 0 amide bonds. The van der Waals surface area contributed by atoms with Crippen LogP contribution in [-0.2, 0) is 12.8 Å². The summed E-state index contributed by atoms with van der Waals surface area (Å²) in [5.74, 6) is 1.61. The quantitative estimate of drug-likeness (QED) is 0.831. The van der Waals surface area contributed by atoms with Crippen LogP contribution in [0.4, 0.5) is 0 Å². The van der Waals surface area contributed by atoms with Crippen molar-refractivity contribution in [2.45, 2.75) is 52.5 Å². The minimum absolute atomic E-state index is 0.698. The van der Waals surface area contributed by atoms with Crippen LogP contribution >= 0.6 is 0 Å². The molecule has 1 aliphatic rings. The molecule has 18 heavy (non-hydrogen) atoms. The van der Waals surface area contributed by atoms with Crippen molar-refractivity contribution >= 4 is 0 Å². The number of hydrogen-bond acceptors (Lipinski definition) is 1. The first-order chi connectivity index (χ1) is 8.70. The predicted molar refractivity (Wildman–Crippen MR) is 78.9 cm³/mol. The molecule has 100 valence electrons. The fourth-order valence-corrected chi connectivity index (χ4v) is 3.28. The van der Waals surface area contributed by atoms with E-state index in [0.717, 1.165) is 18.4 Å². The number of benzene rings is 1. The summed E-state index contributed by atoms with van der Waals surface area (Å²) >= 11 is 0. The molecule has 2 atom stereocenters. The van der Waals surface area contributed by atoms with Crippen molar-refractivity contribution < 1.29 is 0 Å². The van der Waals surface area contributed by atoms with Gasteiger partial charge in [-0.05, 0) is 55.2 Å². The molecule has 0 saturated heterocycles. The molecule has 0 saturated carbocycles. The third kappa shape index (κ3) is 3.35. The maximum Gasteiger partial charge on any atom is 0.0101 e. The van der Waals surface area contributed by atoms with E-state index in [1.165, 1.54) is 25.7 Å². The number of fused-ring (bicyclic) bond motifs is 1. The van der Waals surface area contributed by atoms with E-state index in [1.54, 1.807) is 11.1 Å². The highest BCUT2D eigenvalue weighted by Crippen LogP contribution is 2.29. The molecule has 0 spiro atoms. The summed E-state index contributed by atoms with van der Waals surface area (Å²) in [5, 5.41) is 3.71. The van der Waals surface area contributed by atoms with E-state index in [1.807, 2.05) is 0 Å². The van der Waals surface area contributed by atoms with Gasteiger partial charge in [-0.3, -0.25) is 0 Å². The zero-order chi connectivity index (χ0) is 13.0. The second-order valence-electron chi connectivity index (χ2n) is 6.07. The van der Waals surface area contributed by atoms with E-state index in [4.69, 9.17) is 0 Å². The lowest BCUT2D eigenvalue weighted by atomic mass is 9.78. The van der Waals surface area contributed by atoms with Gasteiger partial charge < -0.3 is 5.32 Å². The molecule has 0 aliphatic heterocycles. The Bertz CT molecular complexity index is 370. The lowest BCUT2D eigenvalue weighted by Crippen LogP contribution is -2.39. The summed E-state index contributed by atoms with van der Waals surface area (Å²) < 4.78 is 0. The van der Waals surface area contributed by atoms with Crippen molar-refractivity contribution in [1.29, 1.82) is 0 Å². The predicted octanol–water partition coefficient (Wildman–Crippen LogP) is 3.82. The zero-order valence-corrected chi connectivity index (χ0v) is 12.1. The smallest absolute Gasteiger partial charge is 0.0101 e. The molecule has 2 unspecified atom stereocenters. The molecular weight excluding hydrogens is 218 g/mol. The van der Waals surface area contributed by atoms with Gasteiger partial charge in [0.1, 0.15) is 0 Å². The fraction of sp³-hybridized carbons (Fsp3) is 0.647. The minimum Gasteiger partial charge on any atom is -0.314 e. The Kier molecular flexibility index (Phi) is 4.82. The maximum absolute atomic E-state index is 3.71. The largest absolute Gasteiger partial charge is 0.314 e. The highest BCUT2D eigenvalue weighted by Gasteiger charge is 2.25. The van der Waals surface area contributed by atoms with Crippen LogP contribution in [-0.4, -0.2) is 12.6 Å². The van der Waals surface area contributed by atoms with Gasteiger partial charge in [-0.1, -0.05) is 45.0 Å². The minimum atomic E-state index is 0.698. The van der Waals surface area contributed by atoms with Gasteiger partial charge in [-0.25, -0.2) is 0 Å². The molecule has 1 N–H and O–H groups in total. The van der Waals surface area contributed by atoms with Gasteiger partial charge >= 0.3 is 0 Å². The topological polar surface area (TPSA) is 12.0 Å². The molecule has 0 heterocycles. The van der Waals surface area contributed by atoms with E-state index >= 15 is 0 Å². The monoisotopic (exact) mass is 245 g/mol. The van der Waals surface area contributed by atoms with Crippen LogP contribution in [0.25, 0.3) is 0 Å². The Hall–Kier alpha value is -0.820. The van der Waals surface area contributed by atoms with Crippen molar-refractivity contribution in [2.24, 2.45) is 11.8 Å². The van der Waals surface area contributed by atoms with Crippen molar-refractivity contribution in [3.05, 3.63) is 35.4 Å². The molecule has 0 fully saturated rings. The van der Waals surface area contributed by atoms with Gasteiger partial charge in [0.25, 0.3) is 0 Å². The van der Waals surface area contributed by atoms with Gasteiger partial charge in [-0.2, -0.15) is 0 Å². The van der Waals surface area contributed by atoms with Crippen molar-refractivity contribution in [3.63, 3.8) is 0 Å². The van der Waals surface area contributed by atoms with Crippen LogP contribution in [0.2, 0.25) is 0 Å². The Labute approximate surface area is 112 Å². The first-order valence-electron chi connectivity index (χ1n) is 7.50.